The Labute approximate surface area is 153 Å². The fraction of sp³-hybridized carbons (Fsp3) is 0.136. The Balaban J connectivity index is 1.72. The van der Waals surface area contributed by atoms with E-state index in [4.69, 9.17) is 16.3 Å². The van der Waals surface area contributed by atoms with E-state index in [1.165, 1.54) is 5.56 Å². The van der Waals surface area contributed by atoms with E-state index >= 15 is 0 Å². The smallest absolute Gasteiger partial charge is 0.128 e. The summed E-state index contributed by atoms with van der Waals surface area (Å²) in [5.41, 5.74) is 4.23. The first-order chi connectivity index (χ1) is 12.2. The zero-order valence-corrected chi connectivity index (χ0v) is 14.9. The molecular formula is C22H20ClNO. The standard InChI is InChI=1S/C22H20ClNO/c1-2-17-10-12-21(13-11-17)24-15-19-7-3-4-9-22(19)25-16-18-6-5-8-20(23)14-18/h3-15H,2,16H2,1H3. The Hall–Kier alpha value is -2.58. The zero-order chi connectivity index (χ0) is 17.5. The molecule has 0 aliphatic rings. The first-order valence-electron chi connectivity index (χ1n) is 8.34. The third-order valence-corrected chi connectivity index (χ3v) is 4.13. The maximum atomic E-state index is 6.02. The van der Waals surface area contributed by atoms with Gasteiger partial charge in [0.1, 0.15) is 12.4 Å². The van der Waals surface area contributed by atoms with Crippen LogP contribution >= 0.6 is 11.6 Å². The average Bonchev–Trinajstić information content (AvgIpc) is 2.66. The Morgan fingerprint density at radius 2 is 1.72 bits per heavy atom. The molecule has 0 fully saturated rings. The summed E-state index contributed by atoms with van der Waals surface area (Å²) >= 11 is 6.02. The summed E-state index contributed by atoms with van der Waals surface area (Å²) in [6.07, 6.45) is 2.87. The number of hydrogen-bond donors (Lipinski definition) is 0. The van der Waals surface area contributed by atoms with Gasteiger partial charge in [-0.05, 0) is 53.9 Å². The Bertz CT molecular complexity index is 856. The highest BCUT2D eigenvalue weighted by Gasteiger charge is 2.02. The molecular weight excluding hydrogens is 330 g/mol. The number of aliphatic imine (C=N–C) groups is 1. The second-order valence-corrected chi connectivity index (χ2v) is 6.17. The molecule has 3 aromatic carbocycles. The van der Waals surface area contributed by atoms with Crippen molar-refractivity contribution in [3.05, 3.63) is 94.5 Å². The molecule has 0 saturated heterocycles. The van der Waals surface area contributed by atoms with Crippen LogP contribution in [0.4, 0.5) is 5.69 Å². The Morgan fingerprint density at radius 3 is 2.48 bits per heavy atom. The van der Waals surface area contributed by atoms with E-state index in [1.54, 1.807) is 0 Å². The summed E-state index contributed by atoms with van der Waals surface area (Å²) in [6.45, 7) is 2.61. The number of rotatable bonds is 6. The fourth-order valence-corrected chi connectivity index (χ4v) is 2.68. The number of aryl methyl sites for hydroxylation is 1. The van der Waals surface area contributed by atoms with Crippen molar-refractivity contribution < 1.29 is 4.74 Å². The van der Waals surface area contributed by atoms with Gasteiger partial charge in [-0.15, -0.1) is 0 Å². The zero-order valence-electron chi connectivity index (χ0n) is 14.2. The van der Waals surface area contributed by atoms with Gasteiger partial charge in [-0.3, -0.25) is 4.99 Å². The SMILES string of the molecule is CCc1ccc(N=Cc2ccccc2OCc2cccc(Cl)c2)cc1. The molecule has 3 aromatic rings. The molecule has 0 N–H and O–H groups in total. The minimum absolute atomic E-state index is 0.469. The third-order valence-electron chi connectivity index (χ3n) is 3.90. The van der Waals surface area contributed by atoms with Crippen LogP contribution in [0, 0.1) is 0 Å². The highest BCUT2D eigenvalue weighted by molar-refractivity contribution is 6.30. The number of halogens is 1. The van der Waals surface area contributed by atoms with Crippen molar-refractivity contribution in [3.8, 4) is 5.75 Å². The molecule has 0 aliphatic heterocycles. The van der Waals surface area contributed by atoms with Crippen LogP contribution in [0.3, 0.4) is 0 Å². The molecule has 3 heteroatoms. The van der Waals surface area contributed by atoms with Crippen molar-refractivity contribution in [2.24, 2.45) is 4.99 Å². The summed E-state index contributed by atoms with van der Waals surface area (Å²) < 4.78 is 5.95. The molecule has 2 nitrogen and oxygen atoms in total. The Kier molecular flexibility index (Phi) is 5.86. The molecule has 0 bridgehead atoms. The lowest BCUT2D eigenvalue weighted by atomic mass is 10.1. The van der Waals surface area contributed by atoms with Gasteiger partial charge in [-0.2, -0.15) is 0 Å². The molecule has 0 atom stereocenters. The minimum Gasteiger partial charge on any atom is -0.488 e. The van der Waals surface area contributed by atoms with Crippen LogP contribution in [-0.4, -0.2) is 6.21 Å². The summed E-state index contributed by atoms with van der Waals surface area (Å²) in [5, 5.41) is 0.714. The Morgan fingerprint density at radius 1 is 0.920 bits per heavy atom. The average molecular weight is 350 g/mol. The van der Waals surface area contributed by atoms with Gasteiger partial charge in [-0.25, -0.2) is 0 Å². The van der Waals surface area contributed by atoms with E-state index in [9.17, 15) is 0 Å². The van der Waals surface area contributed by atoms with Crippen LogP contribution in [0.2, 0.25) is 5.02 Å². The van der Waals surface area contributed by atoms with Crippen molar-refractivity contribution in [1.29, 1.82) is 0 Å². The maximum absolute atomic E-state index is 6.02. The summed E-state index contributed by atoms with van der Waals surface area (Å²) in [5.74, 6) is 0.802. The normalized spacial score (nSPS) is 11.0. The first-order valence-corrected chi connectivity index (χ1v) is 8.71. The number of benzene rings is 3. The summed E-state index contributed by atoms with van der Waals surface area (Å²) in [6, 6.07) is 23.9. The fourth-order valence-electron chi connectivity index (χ4n) is 2.47. The number of hydrogen-bond acceptors (Lipinski definition) is 2. The van der Waals surface area contributed by atoms with Crippen LogP contribution in [0.1, 0.15) is 23.6 Å². The first kappa shape index (κ1) is 17.2. The van der Waals surface area contributed by atoms with Crippen molar-refractivity contribution in [1.82, 2.24) is 0 Å². The van der Waals surface area contributed by atoms with Crippen molar-refractivity contribution in [3.63, 3.8) is 0 Å². The van der Waals surface area contributed by atoms with Crippen LogP contribution in [0.5, 0.6) is 5.75 Å². The van der Waals surface area contributed by atoms with Crippen LogP contribution < -0.4 is 4.74 Å². The van der Waals surface area contributed by atoms with Crippen LogP contribution in [0.25, 0.3) is 0 Å². The second kappa shape index (κ2) is 8.50. The van der Waals surface area contributed by atoms with Crippen molar-refractivity contribution >= 4 is 23.5 Å². The minimum atomic E-state index is 0.469. The van der Waals surface area contributed by atoms with Crippen molar-refractivity contribution in [2.45, 2.75) is 20.0 Å². The lowest BCUT2D eigenvalue weighted by Crippen LogP contribution is -1.98. The van der Waals surface area contributed by atoms with Crippen LogP contribution in [-0.2, 0) is 13.0 Å². The van der Waals surface area contributed by atoms with Gasteiger partial charge in [0, 0.05) is 16.8 Å². The lowest BCUT2D eigenvalue weighted by molar-refractivity contribution is 0.306. The molecule has 0 spiro atoms. The van der Waals surface area contributed by atoms with Gasteiger partial charge in [0.15, 0.2) is 0 Å². The second-order valence-electron chi connectivity index (χ2n) is 5.73. The summed E-state index contributed by atoms with van der Waals surface area (Å²) in [7, 11) is 0. The molecule has 0 unspecified atom stereocenters. The number of ether oxygens (including phenoxy) is 1. The predicted octanol–water partition coefficient (Wildman–Crippen LogP) is 6.23. The molecule has 0 radical (unpaired) electrons. The van der Waals surface area contributed by atoms with E-state index in [0.717, 1.165) is 29.0 Å². The van der Waals surface area contributed by atoms with Gasteiger partial charge in [0.25, 0.3) is 0 Å². The molecule has 0 amide bonds. The van der Waals surface area contributed by atoms with E-state index in [0.29, 0.717) is 11.6 Å². The predicted molar refractivity (Wildman–Crippen MR) is 105 cm³/mol. The van der Waals surface area contributed by atoms with Crippen molar-refractivity contribution in [2.75, 3.05) is 0 Å². The molecule has 0 aliphatic carbocycles. The van der Waals surface area contributed by atoms with E-state index < -0.39 is 0 Å². The quantitative estimate of drug-likeness (QED) is 0.483. The van der Waals surface area contributed by atoms with E-state index in [1.807, 2.05) is 66.9 Å². The molecule has 3 rings (SSSR count). The lowest BCUT2D eigenvalue weighted by Gasteiger charge is -2.09. The topological polar surface area (TPSA) is 21.6 Å². The number of para-hydroxylation sites is 1. The van der Waals surface area contributed by atoms with Crippen LogP contribution in [0.15, 0.2) is 77.8 Å². The largest absolute Gasteiger partial charge is 0.488 e. The molecule has 25 heavy (non-hydrogen) atoms. The highest BCUT2D eigenvalue weighted by Crippen LogP contribution is 2.20. The van der Waals surface area contributed by atoms with Gasteiger partial charge < -0.3 is 4.74 Å². The van der Waals surface area contributed by atoms with Gasteiger partial charge >= 0.3 is 0 Å². The van der Waals surface area contributed by atoms with E-state index in [-0.39, 0.29) is 0 Å². The highest BCUT2D eigenvalue weighted by atomic mass is 35.5. The molecule has 0 saturated carbocycles. The molecule has 0 aromatic heterocycles. The van der Waals surface area contributed by atoms with Gasteiger partial charge in [0.05, 0.1) is 5.69 Å². The number of nitrogens with zero attached hydrogens (tertiary/aromatic N) is 1. The summed E-state index contributed by atoms with van der Waals surface area (Å²) in [4.78, 5) is 4.56. The molecule has 126 valence electrons. The maximum Gasteiger partial charge on any atom is 0.128 e. The van der Waals surface area contributed by atoms with Gasteiger partial charge in [-0.1, -0.05) is 54.9 Å². The third kappa shape index (κ3) is 4.94. The van der Waals surface area contributed by atoms with E-state index in [2.05, 4.69) is 24.0 Å². The van der Waals surface area contributed by atoms with Gasteiger partial charge in [0.2, 0.25) is 0 Å². The molecule has 0 heterocycles. The monoisotopic (exact) mass is 349 g/mol.